The molecule has 1 fully saturated rings. The van der Waals surface area contributed by atoms with Gasteiger partial charge in [0.25, 0.3) is 0 Å². The number of phenols is 1. The molecule has 2 aromatic heterocycles. The van der Waals surface area contributed by atoms with E-state index in [1.165, 1.54) is 0 Å². The maximum atomic E-state index is 9.63. The highest BCUT2D eigenvalue weighted by Gasteiger charge is 2.31. The number of pyridine rings is 1. The van der Waals surface area contributed by atoms with Gasteiger partial charge in [-0.05, 0) is 43.2 Å². The van der Waals surface area contributed by atoms with Crippen LogP contribution >= 0.6 is 8.19 Å². The Hall–Kier alpha value is -2.52. The van der Waals surface area contributed by atoms with Crippen LogP contribution in [0.4, 0.5) is 5.55 Å². The van der Waals surface area contributed by atoms with Crippen LogP contribution in [0.3, 0.4) is 0 Å². The Morgan fingerprint density at radius 2 is 2.12 bits per heavy atom. The minimum absolute atomic E-state index is 0.309. The molecule has 1 atom stereocenters. The van der Waals surface area contributed by atoms with Crippen LogP contribution in [0.1, 0.15) is 36.2 Å². The van der Waals surface area contributed by atoms with Crippen molar-refractivity contribution in [3.63, 3.8) is 0 Å². The molecule has 1 aliphatic rings. The third-order valence-electron chi connectivity index (χ3n) is 4.87. The van der Waals surface area contributed by atoms with Crippen molar-refractivity contribution in [2.24, 2.45) is 5.73 Å². The van der Waals surface area contributed by atoms with Crippen molar-refractivity contribution in [1.29, 1.82) is 0 Å². The summed E-state index contributed by atoms with van der Waals surface area (Å²) in [7, 11) is 0.511. The molecule has 0 spiro atoms. The molecule has 26 heavy (non-hydrogen) atoms. The summed E-state index contributed by atoms with van der Waals surface area (Å²) in [5.41, 5.74) is 12.2. The predicted molar refractivity (Wildman–Crippen MR) is 109 cm³/mol. The molecule has 0 aliphatic carbocycles. The second-order valence-electron chi connectivity index (χ2n) is 6.83. The molecule has 0 radical (unpaired) electrons. The number of nitrogens with two attached hydrogens (primary N) is 1. The van der Waals surface area contributed by atoms with Crippen molar-refractivity contribution >= 4 is 30.1 Å². The van der Waals surface area contributed by atoms with Crippen LogP contribution in [-0.4, -0.2) is 28.2 Å². The van der Waals surface area contributed by atoms with Gasteiger partial charge >= 0.3 is 0 Å². The zero-order valence-electron chi connectivity index (χ0n) is 15.0. The summed E-state index contributed by atoms with van der Waals surface area (Å²) >= 11 is 0. The first-order valence-electron chi connectivity index (χ1n) is 8.92. The van der Waals surface area contributed by atoms with E-state index in [1.807, 2.05) is 18.2 Å². The van der Waals surface area contributed by atoms with E-state index in [-0.39, 0.29) is 0 Å². The highest BCUT2D eigenvalue weighted by atomic mass is 31.0. The normalized spacial score (nSPS) is 15.8. The molecule has 1 unspecified atom stereocenters. The quantitative estimate of drug-likeness (QED) is 0.730. The number of aryl methyl sites for hydroxylation is 1. The van der Waals surface area contributed by atoms with Crippen LogP contribution in [0, 0.1) is 6.92 Å². The molecule has 3 heterocycles. The lowest BCUT2D eigenvalue weighted by Crippen LogP contribution is -2.45. The smallest absolute Gasteiger partial charge is 0.145 e. The summed E-state index contributed by atoms with van der Waals surface area (Å²) in [4.78, 5) is 11.9. The number of hydrogen-bond donors (Lipinski definition) is 2. The van der Waals surface area contributed by atoms with Crippen molar-refractivity contribution in [1.82, 2.24) is 9.97 Å². The highest BCUT2D eigenvalue weighted by molar-refractivity contribution is 7.41. The first kappa shape index (κ1) is 16.9. The number of rotatable bonds is 4. The lowest BCUT2D eigenvalue weighted by molar-refractivity contribution is 0.476. The Morgan fingerprint density at radius 3 is 2.88 bits per heavy atom. The fourth-order valence-electron chi connectivity index (χ4n) is 3.35. The Morgan fingerprint density at radius 1 is 1.31 bits per heavy atom. The fraction of sp³-hybridized carbons (Fsp3) is 0.300. The fourth-order valence-corrected chi connectivity index (χ4v) is 4.60. The molecule has 134 valence electrons. The van der Waals surface area contributed by atoms with Crippen molar-refractivity contribution in [3.05, 3.63) is 53.4 Å². The molecule has 3 aromatic rings. The van der Waals surface area contributed by atoms with Gasteiger partial charge in [0.2, 0.25) is 0 Å². The van der Waals surface area contributed by atoms with E-state index in [2.05, 4.69) is 30.9 Å². The number of anilines is 1. The zero-order chi connectivity index (χ0) is 18.3. The summed E-state index contributed by atoms with van der Waals surface area (Å²) in [6, 6.07) is 9.63. The number of hydrogen-bond acceptors (Lipinski definition) is 5. The molecule has 0 bridgehead atoms. The zero-order valence-corrected chi connectivity index (χ0v) is 16.0. The van der Waals surface area contributed by atoms with Crippen molar-refractivity contribution < 1.29 is 5.11 Å². The third-order valence-corrected chi connectivity index (χ3v) is 6.19. The summed E-state index contributed by atoms with van der Waals surface area (Å²) in [6.07, 6.45) is 2.93. The van der Waals surface area contributed by atoms with Crippen LogP contribution in [0.25, 0.3) is 16.3 Å². The second kappa shape index (κ2) is 6.65. The standard InChI is InChI=1S/C20H23N4OP/c1-3-4-15(21)19-12(2)5-7-16(22-19)13-10-24(11-13)20-23-17-8-6-14(25)9-18(17)26-20/h4-9,13,25-26H,3,10-11,21H2,1-2H3. The summed E-state index contributed by atoms with van der Waals surface area (Å²) < 4.78 is 0. The lowest BCUT2D eigenvalue weighted by atomic mass is 9.95. The Balaban J connectivity index is 1.52. The Labute approximate surface area is 154 Å². The summed E-state index contributed by atoms with van der Waals surface area (Å²) in [5.74, 6) is 0.719. The first-order chi connectivity index (χ1) is 12.5. The van der Waals surface area contributed by atoms with Gasteiger partial charge in [-0.25, -0.2) is 4.98 Å². The van der Waals surface area contributed by atoms with Gasteiger partial charge in [-0.1, -0.05) is 27.3 Å². The van der Waals surface area contributed by atoms with Gasteiger partial charge < -0.3 is 15.7 Å². The van der Waals surface area contributed by atoms with Crippen molar-refractivity contribution in [2.45, 2.75) is 26.2 Å². The summed E-state index contributed by atoms with van der Waals surface area (Å²) in [5, 5.41) is 10.8. The van der Waals surface area contributed by atoms with Gasteiger partial charge in [0.15, 0.2) is 0 Å². The van der Waals surface area contributed by atoms with Crippen LogP contribution in [0.2, 0.25) is 0 Å². The molecule has 3 N–H and O–H groups in total. The number of phenolic OH excluding ortho intramolecular Hbond substituents is 1. The minimum Gasteiger partial charge on any atom is -0.508 e. The maximum Gasteiger partial charge on any atom is 0.145 e. The van der Waals surface area contributed by atoms with E-state index in [9.17, 15) is 5.11 Å². The Kier molecular flexibility index (Phi) is 4.33. The number of benzene rings is 1. The third kappa shape index (κ3) is 3.04. The average molecular weight is 366 g/mol. The molecule has 4 rings (SSSR count). The van der Waals surface area contributed by atoms with Crippen LogP contribution in [0.5, 0.6) is 5.75 Å². The van der Waals surface area contributed by atoms with E-state index in [4.69, 9.17) is 15.7 Å². The van der Waals surface area contributed by atoms with Gasteiger partial charge in [0.1, 0.15) is 11.3 Å². The van der Waals surface area contributed by atoms with Crippen molar-refractivity contribution in [3.8, 4) is 5.75 Å². The number of allylic oxidation sites excluding steroid dienone is 1. The molecule has 0 saturated carbocycles. The monoisotopic (exact) mass is 366 g/mol. The highest BCUT2D eigenvalue weighted by Crippen LogP contribution is 2.40. The van der Waals surface area contributed by atoms with Crippen LogP contribution in [0.15, 0.2) is 36.4 Å². The minimum atomic E-state index is 0.309. The van der Waals surface area contributed by atoms with E-state index >= 15 is 0 Å². The number of aromatic nitrogens is 2. The van der Waals surface area contributed by atoms with Gasteiger partial charge in [-0.2, -0.15) is 0 Å². The average Bonchev–Trinajstić information content (AvgIpc) is 2.97. The van der Waals surface area contributed by atoms with E-state index < -0.39 is 0 Å². The van der Waals surface area contributed by atoms with Gasteiger partial charge in [0.05, 0.1) is 16.9 Å². The second-order valence-corrected chi connectivity index (χ2v) is 8.07. The molecule has 1 saturated heterocycles. The number of fused-ring (bicyclic) bond motifs is 1. The maximum absolute atomic E-state index is 9.63. The first-order valence-corrected chi connectivity index (χ1v) is 9.92. The lowest BCUT2D eigenvalue weighted by Gasteiger charge is -2.39. The SMILES string of the molecule is CCC=C(N)c1nc(C2CN(c3nc4ccc(O)cc4[pH]3)C2)ccc1C. The van der Waals surface area contributed by atoms with Gasteiger partial charge in [-0.15, -0.1) is 0 Å². The van der Waals surface area contributed by atoms with E-state index in [0.717, 1.165) is 58.3 Å². The molecule has 6 heteroatoms. The molecular weight excluding hydrogens is 343 g/mol. The molecule has 1 aliphatic heterocycles. The van der Waals surface area contributed by atoms with Crippen molar-refractivity contribution in [2.75, 3.05) is 18.0 Å². The van der Waals surface area contributed by atoms with Gasteiger partial charge in [-0.3, -0.25) is 4.98 Å². The number of aromatic hydroxyl groups is 1. The molecule has 5 nitrogen and oxygen atoms in total. The summed E-state index contributed by atoms with van der Waals surface area (Å²) in [6.45, 7) is 5.99. The van der Waals surface area contributed by atoms with Crippen LogP contribution in [-0.2, 0) is 0 Å². The molecular formula is C20H23N4OP. The molecule has 0 amide bonds. The molecule has 1 aromatic carbocycles. The topological polar surface area (TPSA) is 75.3 Å². The largest absolute Gasteiger partial charge is 0.508 e. The van der Waals surface area contributed by atoms with Gasteiger partial charge in [0, 0.05) is 29.8 Å². The predicted octanol–water partition coefficient (Wildman–Crippen LogP) is 3.99. The van der Waals surface area contributed by atoms with Crippen LogP contribution < -0.4 is 10.6 Å². The Bertz CT molecular complexity index is 989. The van der Waals surface area contributed by atoms with E-state index in [1.54, 1.807) is 6.07 Å². The number of nitrogens with zero attached hydrogens (tertiary/aromatic N) is 3. The van der Waals surface area contributed by atoms with E-state index in [0.29, 0.717) is 19.9 Å².